The number of ketones is 1. The smallest absolute Gasteiger partial charge is 0.329 e. The van der Waals surface area contributed by atoms with E-state index < -0.39 is 20.0 Å². The SMILES string of the molecule is Cn1c(=O)n(C2CCC(=O)N(COCC[Si](C)(C)C)C2=O)c2cccc(N3CCCC(=O)C3)c21. The highest BCUT2D eigenvalue weighted by Gasteiger charge is 2.38. The minimum Gasteiger partial charge on any atom is -0.362 e. The number of hydrogen-bond donors (Lipinski definition) is 0. The van der Waals surface area contributed by atoms with Gasteiger partial charge in [-0.1, -0.05) is 25.7 Å². The number of ether oxygens (including phenoxy) is 1. The standard InChI is InChI=1S/C24H34N4O5Si/c1-25-22-18(26-12-6-7-17(29)15-26)8-5-9-19(22)28(24(25)32)20-10-11-21(30)27(23(20)31)16-33-13-14-34(2,3)4/h5,8-9,20H,6-7,10-16H2,1-4H3. The predicted octanol–water partition coefficient (Wildman–Crippen LogP) is 2.51. The van der Waals surface area contributed by atoms with Crippen LogP contribution in [0.15, 0.2) is 23.0 Å². The van der Waals surface area contributed by atoms with E-state index in [9.17, 15) is 19.2 Å². The molecule has 0 radical (unpaired) electrons. The number of imidazole rings is 1. The summed E-state index contributed by atoms with van der Waals surface area (Å²) >= 11 is 0. The van der Waals surface area contributed by atoms with Crippen LogP contribution in [0.25, 0.3) is 11.0 Å². The van der Waals surface area contributed by atoms with Crippen molar-refractivity contribution in [3.05, 3.63) is 28.7 Å². The molecular weight excluding hydrogens is 452 g/mol. The fourth-order valence-corrected chi connectivity index (χ4v) is 5.51. The average Bonchev–Trinajstić information content (AvgIpc) is 3.03. The summed E-state index contributed by atoms with van der Waals surface area (Å²) in [5.74, 6) is -0.495. The van der Waals surface area contributed by atoms with Crippen LogP contribution in [0.1, 0.15) is 31.7 Å². The summed E-state index contributed by atoms with van der Waals surface area (Å²) in [4.78, 5) is 54.4. The Bertz CT molecular complexity index is 1180. The fraction of sp³-hybridized carbons (Fsp3) is 0.583. The van der Waals surface area contributed by atoms with Crippen molar-refractivity contribution >= 4 is 42.4 Å². The number of rotatable bonds is 7. The maximum absolute atomic E-state index is 13.4. The predicted molar refractivity (Wildman–Crippen MR) is 133 cm³/mol. The first-order valence-electron chi connectivity index (χ1n) is 12.0. The van der Waals surface area contributed by atoms with Crippen molar-refractivity contribution in [2.24, 2.45) is 7.05 Å². The number of amides is 2. The van der Waals surface area contributed by atoms with Gasteiger partial charge in [-0.25, -0.2) is 4.79 Å². The number of piperidine rings is 2. The molecule has 9 nitrogen and oxygen atoms in total. The molecular formula is C24H34N4O5Si. The van der Waals surface area contributed by atoms with Gasteiger partial charge in [0, 0.05) is 41.1 Å². The van der Waals surface area contributed by atoms with Gasteiger partial charge < -0.3 is 9.64 Å². The Morgan fingerprint density at radius 3 is 2.56 bits per heavy atom. The van der Waals surface area contributed by atoms with E-state index in [4.69, 9.17) is 4.74 Å². The van der Waals surface area contributed by atoms with E-state index >= 15 is 0 Å². The topological polar surface area (TPSA) is 93.8 Å². The van der Waals surface area contributed by atoms with Crippen LogP contribution in [0, 0.1) is 0 Å². The molecule has 0 spiro atoms. The van der Waals surface area contributed by atoms with Gasteiger partial charge >= 0.3 is 5.69 Å². The van der Waals surface area contributed by atoms with Crippen LogP contribution in [0.5, 0.6) is 0 Å². The molecule has 2 amide bonds. The molecule has 2 saturated heterocycles. The molecule has 2 aromatic rings. The summed E-state index contributed by atoms with van der Waals surface area (Å²) in [6.07, 6.45) is 1.80. The number of para-hydroxylation sites is 1. The van der Waals surface area contributed by atoms with E-state index in [0.29, 0.717) is 30.6 Å². The minimum atomic E-state index is -1.29. The largest absolute Gasteiger partial charge is 0.362 e. The van der Waals surface area contributed by atoms with Gasteiger partial charge in [0.05, 0.1) is 23.3 Å². The van der Waals surface area contributed by atoms with E-state index in [-0.39, 0.29) is 37.0 Å². The van der Waals surface area contributed by atoms with Crippen molar-refractivity contribution in [3.8, 4) is 0 Å². The van der Waals surface area contributed by atoms with E-state index in [1.165, 1.54) is 4.57 Å². The molecule has 10 heteroatoms. The number of fused-ring (bicyclic) bond motifs is 1. The van der Waals surface area contributed by atoms with E-state index in [0.717, 1.165) is 29.6 Å². The first-order valence-corrected chi connectivity index (χ1v) is 15.7. The maximum Gasteiger partial charge on any atom is 0.329 e. The Hall–Kier alpha value is -2.72. The van der Waals surface area contributed by atoms with Crippen LogP contribution in [0.2, 0.25) is 25.7 Å². The Balaban J connectivity index is 1.64. The van der Waals surface area contributed by atoms with Crippen LogP contribution >= 0.6 is 0 Å². The summed E-state index contributed by atoms with van der Waals surface area (Å²) in [6, 6.07) is 5.76. The van der Waals surface area contributed by atoms with Crippen molar-refractivity contribution < 1.29 is 19.1 Å². The van der Waals surface area contributed by atoms with Gasteiger partial charge in [-0.15, -0.1) is 0 Å². The number of anilines is 1. The molecule has 184 valence electrons. The lowest BCUT2D eigenvalue weighted by atomic mass is 10.0. The highest BCUT2D eigenvalue weighted by molar-refractivity contribution is 6.76. The van der Waals surface area contributed by atoms with E-state index in [1.807, 2.05) is 23.1 Å². The highest BCUT2D eigenvalue weighted by atomic mass is 28.3. The number of benzene rings is 1. The second kappa shape index (κ2) is 9.50. The van der Waals surface area contributed by atoms with Gasteiger partial charge in [-0.2, -0.15) is 0 Å². The minimum absolute atomic E-state index is 0.0840. The number of Topliss-reactive ketones (excluding diaryl/α,β-unsaturated/α-hetero) is 1. The number of aryl methyl sites for hydroxylation is 1. The zero-order chi connectivity index (χ0) is 24.6. The Morgan fingerprint density at radius 2 is 1.85 bits per heavy atom. The summed E-state index contributed by atoms with van der Waals surface area (Å²) < 4.78 is 8.75. The maximum atomic E-state index is 13.4. The molecule has 1 aromatic heterocycles. The second-order valence-electron chi connectivity index (χ2n) is 10.5. The van der Waals surface area contributed by atoms with Gasteiger partial charge in [-0.3, -0.25) is 28.4 Å². The van der Waals surface area contributed by atoms with Crippen molar-refractivity contribution in [1.29, 1.82) is 0 Å². The van der Waals surface area contributed by atoms with Crippen molar-refractivity contribution in [2.45, 2.75) is 57.4 Å². The van der Waals surface area contributed by atoms with E-state index in [2.05, 4.69) is 19.6 Å². The second-order valence-corrected chi connectivity index (χ2v) is 16.1. The lowest BCUT2D eigenvalue weighted by molar-refractivity contribution is -0.157. The number of carbonyl (C=O) groups is 3. The van der Waals surface area contributed by atoms with Crippen LogP contribution in [0.4, 0.5) is 5.69 Å². The van der Waals surface area contributed by atoms with Gasteiger partial charge in [0.1, 0.15) is 12.8 Å². The normalized spacial score (nSPS) is 20.0. The third kappa shape index (κ3) is 4.74. The number of aromatic nitrogens is 2. The Kier molecular flexibility index (Phi) is 6.82. The molecule has 1 aromatic carbocycles. The zero-order valence-electron chi connectivity index (χ0n) is 20.5. The molecule has 0 bridgehead atoms. The van der Waals surface area contributed by atoms with Crippen molar-refractivity contribution in [2.75, 3.05) is 31.3 Å². The number of nitrogens with zero attached hydrogens (tertiary/aromatic N) is 4. The molecule has 2 aliphatic rings. The molecule has 0 aliphatic carbocycles. The quantitative estimate of drug-likeness (QED) is 0.339. The van der Waals surface area contributed by atoms with Gasteiger partial charge in [0.15, 0.2) is 5.78 Å². The molecule has 0 saturated carbocycles. The number of hydrogen-bond acceptors (Lipinski definition) is 6. The van der Waals surface area contributed by atoms with Gasteiger partial charge in [0.25, 0.3) is 5.91 Å². The highest BCUT2D eigenvalue weighted by Crippen LogP contribution is 2.32. The number of carbonyl (C=O) groups excluding carboxylic acids is 3. The average molecular weight is 487 g/mol. The third-order valence-electron chi connectivity index (χ3n) is 6.69. The van der Waals surface area contributed by atoms with Gasteiger partial charge in [0.2, 0.25) is 5.91 Å². The summed E-state index contributed by atoms with van der Waals surface area (Å²) in [5, 5.41) is 0. The van der Waals surface area contributed by atoms with E-state index in [1.54, 1.807) is 11.6 Å². The van der Waals surface area contributed by atoms with Crippen LogP contribution in [-0.4, -0.2) is 66.1 Å². The molecule has 2 aliphatic heterocycles. The van der Waals surface area contributed by atoms with Crippen LogP contribution in [0.3, 0.4) is 0 Å². The summed E-state index contributed by atoms with van der Waals surface area (Å²) in [7, 11) is 0.396. The molecule has 3 heterocycles. The monoisotopic (exact) mass is 486 g/mol. The lowest BCUT2D eigenvalue weighted by Crippen LogP contribution is -2.48. The molecule has 2 fully saturated rings. The number of imide groups is 1. The number of likely N-dealkylation sites (tertiary alicyclic amines) is 1. The molecule has 0 N–H and O–H groups in total. The summed E-state index contributed by atoms with van der Waals surface area (Å²) in [5.41, 5.74) is 1.84. The fourth-order valence-electron chi connectivity index (χ4n) is 4.75. The van der Waals surface area contributed by atoms with Crippen molar-refractivity contribution in [3.63, 3.8) is 0 Å². The third-order valence-corrected chi connectivity index (χ3v) is 8.39. The Morgan fingerprint density at radius 1 is 1.09 bits per heavy atom. The molecule has 1 atom stereocenters. The van der Waals surface area contributed by atoms with Crippen LogP contribution < -0.4 is 10.6 Å². The van der Waals surface area contributed by atoms with Crippen LogP contribution in [-0.2, 0) is 26.2 Å². The zero-order valence-corrected chi connectivity index (χ0v) is 21.5. The van der Waals surface area contributed by atoms with Gasteiger partial charge in [-0.05, 0) is 31.0 Å². The van der Waals surface area contributed by atoms with Crippen molar-refractivity contribution in [1.82, 2.24) is 14.0 Å². The first kappa shape index (κ1) is 24.4. The summed E-state index contributed by atoms with van der Waals surface area (Å²) in [6.45, 7) is 8.20. The Labute approximate surface area is 200 Å². The lowest BCUT2D eigenvalue weighted by Gasteiger charge is -2.31. The molecule has 4 rings (SSSR count). The molecule has 1 unspecified atom stereocenters. The molecule has 34 heavy (non-hydrogen) atoms. The first-order chi connectivity index (χ1) is 16.1.